The molecule has 0 aliphatic heterocycles. The molecule has 0 radical (unpaired) electrons. The van der Waals surface area contributed by atoms with Gasteiger partial charge in [0.15, 0.2) is 6.61 Å². The molecule has 1 rings (SSSR count). The van der Waals surface area contributed by atoms with Gasteiger partial charge in [-0.1, -0.05) is 12.1 Å². The van der Waals surface area contributed by atoms with E-state index >= 15 is 0 Å². The van der Waals surface area contributed by atoms with Crippen molar-refractivity contribution in [3.05, 3.63) is 29.3 Å². The fourth-order valence-corrected chi connectivity index (χ4v) is 1.46. The standard InChI is InChI=1S/C12H17N3O3/c1-7-3-4-9(8(2)13)10(5-7)18-6-11(16)15-12(14)17/h3-5,8H,6,13H2,1-2H3,(H3,14,15,16,17)/t8-/m1/s1. The number of urea groups is 1. The minimum atomic E-state index is -0.903. The molecule has 1 atom stereocenters. The quantitative estimate of drug-likeness (QED) is 0.727. The first-order valence-corrected chi connectivity index (χ1v) is 5.48. The van der Waals surface area contributed by atoms with Crippen LogP contribution in [0, 0.1) is 6.92 Å². The summed E-state index contributed by atoms with van der Waals surface area (Å²) in [5.74, 6) is -0.0655. The molecule has 0 fully saturated rings. The maximum Gasteiger partial charge on any atom is 0.318 e. The van der Waals surface area contributed by atoms with Crippen LogP contribution in [0.3, 0.4) is 0 Å². The van der Waals surface area contributed by atoms with Crippen molar-refractivity contribution in [2.45, 2.75) is 19.9 Å². The summed E-state index contributed by atoms with van der Waals surface area (Å²) in [6.07, 6.45) is 0. The second-order valence-electron chi connectivity index (χ2n) is 4.03. The third kappa shape index (κ3) is 4.06. The van der Waals surface area contributed by atoms with Crippen molar-refractivity contribution in [2.75, 3.05) is 6.61 Å². The molecule has 0 bridgehead atoms. The van der Waals surface area contributed by atoms with Gasteiger partial charge in [-0.15, -0.1) is 0 Å². The maximum atomic E-state index is 11.2. The number of carbonyl (C=O) groups is 2. The zero-order valence-corrected chi connectivity index (χ0v) is 10.4. The summed E-state index contributed by atoms with van der Waals surface area (Å²) in [6, 6.07) is 4.44. The molecular formula is C12H17N3O3. The fraction of sp³-hybridized carbons (Fsp3) is 0.333. The lowest BCUT2D eigenvalue weighted by Crippen LogP contribution is -2.38. The summed E-state index contributed by atoms with van der Waals surface area (Å²) in [4.78, 5) is 21.7. The van der Waals surface area contributed by atoms with Gasteiger partial charge in [0.2, 0.25) is 0 Å². The van der Waals surface area contributed by atoms with E-state index in [1.165, 1.54) is 0 Å². The second-order valence-corrected chi connectivity index (χ2v) is 4.03. The van der Waals surface area contributed by atoms with Crippen molar-refractivity contribution in [1.82, 2.24) is 5.32 Å². The Morgan fingerprint density at radius 1 is 1.44 bits per heavy atom. The summed E-state index contributed by atoms with van der Waals surface area (Å²) < 4.78 is 5.34. The number of amides is 3. The molecule has 3 amide bonds. The summed E-state index contributed by atoms with van der Waals surface area (Å²) >= 11 is 0. The van der Waals surface area contributed by atoms with Gasteiger partial charge in [0, 0.05) is 11.6 Å². The molecule has 0 spiro atoms. The Morgan fingerprint density at radius 3 is 2.67 bits per heavy atom. The molecule has 1 aromatic carbocycles. The Kier molecular flexibility index (Phi) is 4.67. The number of nitrogens with one attached hydrogen (secondary N) is 1. The summed E-state index contributed by atoms with van der Waals surface area (Å²) in [5.41, 5.74) is 12.4. The van der Waals surface area contributed by atoms with Crippen LogP contribution in [0.15, 0.2) is 18.2 Å². The molecule has 0 aliphatic rings. The number of imide groups is 1. The first kappa shape index (κ1) is 14.0. The third-order valence-corrected chi connectivity index (χ3v) is 2.28. The van der Waals surface area contributed by atoms with Crippen LogP contribution in [-0.4, -0.2) is 18.5 Å². The van der Waals surface area contributed by atoms with Crippen LogP contribution >= 0.6 is 0 Å². The molecule has 6 nitrogen and oxygen atoms in total. The number of nitrogens with two attached hydrogens (primary N) is 2. The van der Waals surface area contributed by atoms with Crippen LogP contribution in [0.1, 0.15) is 24.1 Å². The number of ether oxygens (including phenoxy) is 1. The lowest BCUT2D eigenvalue weighted by molar-refractivity contribution is -0.121. The highest BCUT2D eigenvalue weighted by Gasteiger charge is 2.11. The molecular weight excluding hydrogens is 234 g/mol. The van der Waals surface area contributed by atoms with Crippen LogP contribution in [0.5, 0.6) is 5.75 Å². The highest BCUT2D eigenvalue weighted by atomic mass is 16.5. The minimum Gasteiger partial charge on any atom is -0.483 e. The van der Waals surface area contributed by atoms with E-state index in [1.54, 1.807) is 6.07 Å². The fourth-order valence-electron chi connectivity index (χ4n) is 1.46. The van der Waals surface area contributed by atoms with Gasteiger partial charge >= 0.3 is 6.03 Å². The van der Waals surface area contributed by atoms with Gasteiger partial charge in [0.05, 0.1) is 0 Å². The third-order valence-electron chi connectivity index (χ3n) is 2.28. The van der Waals surface area contributed by atoms with Gasteiger partial charge in [0.25, 0.3) is 5.91 Å². The topological polar surface area (TPSA) is 107 Å². The molecule has 98 valence electrons. The van der Waals surface area contributed by atoms with Crippen molar-refractivity contribution in [3.63, 3.8) is 0 Å². The van der Waals surface area contributed by atoms with Gasteiger partial charge in [-0.3, -0.25) is 10.1 Å². The van der Waals surface area contributed by atoms with Crippen molar-refractivity contribution in [1.29, 1.82) is 0 Å². The lowest BCUT2D eigenvalue weighted by Gasteiger charge is -2.14. The number of hydrogen-bond acceptors (Lipinski definition) is 4. The van der Waals surface area contributed by atoms with Crippen LogP contribution in [0.2, 0.25) is 0 Å². The van der Waals surface area contributed by atoms with Crippen LogP contribution in [0.25, 0.3) is 0 Å². The second kappa shape index (κ2) is 6.02. The van der Waals surface area contributed by atoms with E-state index < -0.39 is 11.9 Å². The summed E-state index contributed by atoms with van der Waals surface area (Å²) in [6.45, 7) is 3.44. The van der Waals surface area contributed by atoms with E-state index in [0.717, 1.165) is 11.1 Å². The van der Waals surface area contributed by atoms with Crippen molar-refractivity contribution in [3.8, 4) is 5.75 Å². The monoisotopic (exact) mass is 251 g/mol. The van der Waals surface area contributed by atoms with Gasteiger partial charge in [-0.2, -0.15) is 0 Å². The van der Waals surface area contributed by atoms with Gasteiger partial charge < -0.3 is 16.2 Å². The molecule has 18 heavy (non-hydrogen) atoms. The van der Waals surface area contributed by atoms with Gasteiger partial charge in [-0.25, -0.2) is 4.79 Å². The lowest BCUT2D eigenvalue weighted by atomic mass is 10.1. The molecule has 0 saturated carbocycles. The highest BCUT2D eigenvalue weighted by molar-refractivity contribution is 5.94. The Bertz CT molecular complexity index is 458. The molecule has 6 heteroatoms. The van der Waals surface area contributed by atoms with Crippen molar-refractivity contribution >= 4 is 11.9 Å². The van der Waals surface area contributed by atoms with Crippen LogP contribution in [0.4, 0.5) is 4.79 Å². The van der Waals surface area contributed by atoms with Gasteiger partial charge in [0.1, 0.15) is 5.75 Å². The SMILES string of the molecule is Cc1ccc([C@@H](C)N)c(OCC(=O)NC(N)=O)c1. The van der Waals surface area contributed by atoms with E-state index in [0.29, 0.717) is 5.75 Å². The predicted molar refractivity (Wildman–Crippen MR) is 67.0 cm³/mol. The Labute approximate surface area is 105 Å². The van der Waals surface area contributed by atoms with E-state index in [2.05, 4.69) is 0 Å². The maximum absolute atomic E-state index is 11.2. The smallest absolute Gasteiger partial charge is 0.318 e. The van der Waals surface area contributed by atoms with E-state index in [1.807, 2.05) is 31.3 Å². The average molecular weight is 251 g/mol. The summed E-state index contributed by atoms with van der Waals surface area (Å²) in [5, 5.41) is 1.92. The molecule has 0 aliphatic carbocycles. The molecule has 0 heterocycles. The highest BCUT2D eigenvalue weighted by Crippen LogP contribution is 2.24. The van der Waals surface area contributed by atoms with Gasteiger partial charge in [-0.05, 0) is 25.5 Å². The molecule has 0 aromatic heterocycles. The van der Waals surface area contributed by atoms with Crippen molar-refractivity contribution < 1.29 is 14.3 Å². The first-order chi connectivity index (χ1) is 8.40. The Balaban J connectivity index is 2.74. The zero-order chi connectivity index (χ0) is 13.7. The number of benzene rings is 1. The van der Waals surface area contributed by atoms with Crippen molar-refractivity contribution in [2.24, 2.45) is 11.5 Å². The largest absolute Gasteiger partial charge is 0.483 e. The summed E-state index contributed by atoms with van der Waals surface area (Å²) in [7, 11) is 0. The van der Waals surface area contributed by atoms with E-state index in [9.17, 15) is 9.59 Å². The molecule has 0 saturated heterocycles. The predicted octanol–water partition coefficient (Wildman–Crippen LogP) is 0.588. The van der Waals surface area contributed by atoms with Crippen LogP contribution in [-0.2, 0) is 4.79 Å². The average Bonchev–Trinajstić information content (AvgIpc) is 2.25. The molecule has 1 aromatic rings. The molecule has 0 unspecified atom stereocenters. The van der Waals surface area contributed by atoms with Crippen LogP contribution < -0.4 is 21.5 Å². The first-order valence-electron chi connectivity index (χ1n) is 5.48. The number of primary amides is 1. The Hall–Kier alpha value is -2.08. The number of carbonyl (C=O) groups excluding carboxylic acids is 2. The normalized spacial score (nSPS) is 11.7. The molecule has 5 N–H and O–H groups in total. The minimum absolute atomic E-state index is 0.209. The number of aryl methyl sites for hydroxylation is 1. The van der Waals surface area contributed by atoms with E-state index in [-0.39, 0.29) is 12.6 Å². The van der Waals surface area contributed by atoms with E-state index in [4.69, 9.17) is 16.2 Å². The zero-order valence-electron chi connectivity index (χ0n) is 10.4. The Morgan fingerprint density at radius 2 is 2.11 bits per heavy atom. The number of hydrogen-bond donors (Lipinski definition) is 3. The number of rotatable bonds is 4.